The Balaban J connectivity index is 2.69. The molecule has 0 bridgehead atoms. The van der Waals surface area contributed by atoms with Gasteiger partial charge in [-0.15, -0.1) is 0 Å². The molecule has 1 aromatic heterocycles. The molecule has 3 nitrogen and oxygen atoms in total. The van der Waals surface area contributed by atoms with Crippen LogP contribution in [0.1, 0.15) is 31.2 Å². The maximum atomic E-state index is 4.23. The minimum atomic E-state index is 0.453. The lowest BCUT2D eigenvalue weighted by Crippen LogP contribution is -2.10. The van der Waals surface area contributed by atoms with Crippen LogP contribution in [0.3, 0.4) is 0 Å². The number of aromatic nitrogens is 2. The Morgan fingerprint density at radius 2 is 2.07 bits per heavy atom. The Labute approximate surface area is 91.9 Å². The second-order valence-corrected chi connectivity index (χ2v) is 4.19. The molecule has 0 unspecified atom stereocenters. The van der Waals surface area contributed by atoms with E-state index in [0.29, 0.717) is 5.92 Å². The first-order valence-electron chi connectivity index (χ1n) is 5.23. The predicted molar refractivity (Wildman–Crippen MR) is 63.7 cm³/mol. The summed E-state index contributed by atoms with van der Waals surface area (Å²) in [4.78, 5) is 10.5. The van der Waals surface area contributed by atoms with Gasteiger partial charge in [-0.05, 0) is 32.2 Å². The van der Waals surface area contributed by atoms with Gasteiger partial charge < -0.3 is 4.90 Å². The molecular weight excluding hydrogens is 186 g/mol. The maximum Gasteiger partial charge on any atom is 0.116 e. The lowest BCUT2D eigenvalue weighted by molar-refractivity contribution is 0.457. The highest BCUT2D eigenvalue weighted by Gasteiger charge is 2.00. The summed E-state index contributed by atoms with van der Waals surface area (Å²) in [6.07, 6.45) is 5.77. The van der Waals surface area contributed by atoms with Crippen molar-refractivity contribution in [3.05, 3.63) is 29.9 Å². The van der Waals surface area contributed by atoms with Crippen LogP contribution in [0, 0.1) is 0 Å². The molecule has 0 aliphatic rings. The molecule has 0 saturated heterocycles. The number of likely N-dealkylation sites (N-methyl/N-ethyl adjacent to an activating group) is 1. The first-order chi connectivity index (χ1) is 7.09. The van der Waals surface area contributed by atoms with Gasteiger partial charge in [-0.2, -0.15) is 0 Å². The summed E-state index contributed by atoms with van der Waals surface area (Å²) in [5.41, 5.74) is 2.07. The number of rotatable bonds is 4. The Kier molecular flexibility index (Phi) is 4.43. The molecule has 0 aliphatic heterocycles. The van der Waals surface area contributed by atoms with E-state index in [1.54, 1.807) is 6.33 Å². The molecule has 82 valence electrons. The zero-order valence-corrected chi connectivity index (χ0v) is 9.94. The highest BCUT2D eigenvalue weighted by molar-refractivity contribution is 5.44. The Bertz CT molecular complexity index is 329. The van der Waals surface area contributed by atoms with Crippen LogP contribution in [0.4, 0.5) is 0 Å². The Morgan fingerprint density at radius 3 is 2.67 bits per heavy atom. The van der Waals surface area contributed by atoms with E-state index >= 15 is 0 Å². The smallest absolute Gasteiger partial charge is 0.116 e. The van der Waals surface area contributed by atoms with E-state index in [2.05, 4.69) is 34.8 Å². The second-order valence-electron chi connectivity index (χ2n) is 4.19. The molecule has 15 heavy (non-hydrogen) atoms. The molecule has 0 aromatic carbocycles. The zero-order valence-electron chi connectivity index (χ0n) is 9.94. The monoisotopic (exact) mass is 205 g/mol. The van der Waals surface area contributed by atoms with E-state index in [1.807, 2.05) is 26.2 Å². The van der Waals surface area contributed by atoms with E-state index < -0.39 is 0 Å². The summed E-state index contributed by atoms with van der Waals surface area (Å²) >= 11 is 0. The lowest BCUT2D eigenvalue weighted by Gasteiger charge is -2.05. The molecule has 0 saturated carbocycles. The van der Waals surface area contributed by atoms with Crippen molar-refractivity contribution >= 4 is 6.08 Å². The number of nitrogens with zero attached hydrogens (tertiary/aromatic N) is 3. The predicted octanol–water partition coefficient (Wildman–Crippen LogP) is 2.17. The van der Waals surface area contributed by atoms with Crippen molar-refractivity contribution in [2.75, 3.05) is 20.6 Å². The largest absolute Gasteiger partial charge is 0.306 e. The van der Waals surface area contributed by atoms with Crippen LogP contribution in [0.25, 0.3) is 6.08 Å². The Morgan fingerprint density at radius 1 is 1.33 bits per heavy atom. The average molecular weight is 205 g/mol. The van der Waals surface area contributed by atoms with Gasteiger partial charge in [-0.25, -0.2) is 9.97 Å². The van der Waals surface area contributed by atoms with Crippen molar-refractivity contribution in [1.29, 1.82) is 0 Å². The molecule has 0 atom stereocenters. The molecule has 0 aliphatic carbocycles. The standard InChI is InChI=1S/C12H19N3/c1-10(2)12-8-11(13-9-14-12)6-5-7-15(3)4/h5-6,8-10H,7H2,1-4H3/b6-5+. The first kappa shape index (κ1) is 11.9. The quantitative estimate of drug-likeness (QED) is 0.754. The van der Waals surface area contributed by atoms with Gasteiger partial charge >= 0.3 is 0 Å². The van der Waals surface area contributed by atoms with E-state index in [1.165, 1.54) is 0 Å². The highest BCUT2D eigenvalue weighted by Crippen LogP contribution is 2.11. The summed E-state index contributed by atoms with van der Waals surface area (Å²) in [6, 6.07) is 2.04. The summed E-state index contributed by atoms with van der Waals surface area (Å²) in [6.45, 7) is 5.20. The lowest BCUT2D eigenvalue weighted by atomic mass is 10.1. The molecule has 0 radical (unpaired) electrons. The normalized spacial score (nSPS) is 11.9. The molecule has 0 amide bonds. The molecule has 0 spiro atoms. The fourth-order valence-corrected chi connectivity index (χ4v) is 1.18. The minimum absolute atomic E-state index is 0.453. The van der Waals surface area contributed by atoms with Crippen LogP contribution in [-0.2, 0) is 0 Å². The fraction of sp³-hybridized carbons (Fsp3) is 0.500. The maximum absolute atomic E-state index is 4.23. The minimum Gasteiger partial charge on any atom is -0.306 e. The molecule has 0 N–H and O–H groups in total. The molecular formula is C12H19N3. The van der Waals surface area contributed by atoms with E-state index in [0.717, 1.165) is 17.9 Å². The molecule has 0 fully saturated rings. The molecule has 1 rings (SSSR count). The van der Waals surface area contributed by atoms with Crippen LogP contribution in [-0.4, -0.2) is 35.5 Å². The van der Waals surface area contributed by atoms with Gasteiger partial charge in [-0.1, -0.05) is 19.9 Å². The molecule has 1 heterocycles. The third-order valence-electron chi connectivity index (χ3n) is 2.06. The van der Waals surface area contributed by atoms with Crippen LogP contribution in [0.2, 0.25) is 0 Å². The number of hydrogen-bond donors (Lipinski definition) is 0. The summed E-state index contributed by atoms with van der Waals surface area (Å²) in [5.74, 6) is 0.453. The van der Waals surface area contributed by atoms with Crippen LogP contribution >= 0.6 is 0 Å². The number of hydrogen-bond acceptors (Lipinski definition) is 3. The van der Waals surface area contributed by atoms with Crippen molar-refractivity contribution in [2.45, 2.75) is 19.8 Å². The van der Waals surface area contributed by atoms with Gasteiger partial charge in [0.1, 0.15) is 6.33 Å². The van der Waals surface area contributed by atoms with E-state index in [-0.39, 0.29) is 0 Å². The zero-order chi connectivity index (χ0) is 11.3. The van der Waals surface area contributed by atoms with Crippen LogP contribution < -0.4 is 0 Å². The summed E-state index contributed by atoms with van der Waals surface area (Å²) in [5, 5.41) is 0. The van der Waals surface area contributed by atoms with Gasteiger partial charge in [0, 0.05) is 12.2 Å². The highest BCUT2D eigenvalue weighted by atomic mass is 15.0. The average Bonchev–Trinajstić information content (AvgIpc) is 2.17. The summed E-state index contributed by atoms with van der Waals surface area (Å²) < 4.78 is 0. The van der Waals surface area contributed by atoms with Crippen LogP contribution in [0.5, 0.6) is 0 Å². The van der Waals surface area contributed by atoms with Crippen molar-refractivity contribution in [2.24, 2.45) is 0 Å². The van der Waals surface area contributed by atoms with E-state index in [9.17, 15) is 0 Å². The van der Waals surface area contributed by atoms with Crippen molar-refractivity contribution in [3.8, 4) is 0 Å². The van der Waals surface area contributed by atoms with E-state index in [4.69, 9.17) is 0 Å². The van der Waals surface area contributed by atoms with Gasteiger partial charge in [0.25, 0.3) is 0 Å². The third kappa shape index (κ3) is 4.21. The van der Waals surface area contributed by atoms with Crippen molar-refractivity contribution in [1.82, 2.24) is 14.9 Å². The third-order valence-corrected chi connectivity index (χ3v) is 2.06. The van der Waals surface area contributed by atoms with Crippen LogP contribution in [0.15, 0.2) is 18.5 Å². The van der Waals surface area contributed by atoms with Gasteiger partial charge in [0.15, 0.2) is 0 Å². The Hall–Kier alpha value is -1.22. The molecule has 1 aromatic rings. The topological polar surface area (TPSA) is 29.0 Å². The van der Waals surface area contributed by atoms with Gasteiger partial charge in [0.2, 0.25) is 0 Å². The fourth-order valence-electron chi connectivity index (χ4n) is 1.18. The SMILES string of the molecule is CC(C)c1cc(/C=C/CN(C)C)ncn1. The molecule has 3 heteroatoms. The van der Waals surface area contributed by atoms with Gasteiger partial charge in [0.05, 0.1) is 5.69 Å². The summed E-state index contributed by atoms with van der Waals surface area (Å²) in [7, 11) is 4.09. The van der Waals surface area contributed by atoms with Gasteiger partial charge in [-0.3, -0.25) is 0 Å². The van der Waals surface area contributed by atoms with Crippen molar-refractivity contribution in [3.63, 3.8) is 0 Å². The van der Waals surface area contributed by atoms with Crippen molar-refractivity contribution < 1.29 is 0 Å². The second kappa shape index (κ2) is 5.61. The first-order valence-corrected chi connectivity index (χ1v) is 5.23.